The van der Waals surface area contributed by atoms with Gasteiger partial charge in [-0.05, 0) is 66.6 Å². The molecule has 0 N–H and O–H groups in total. The molecular weight excluding hydrogens is 310 g/mol. The van der Waals surface area contributed by atoms with E-state index in [4.69, 9.17) is 4.74 Å². The molecule has 3 nitrogen and oxygen atoms in total. The molecule has 132 valence electrons. The smallest absolute Gasteiger partial charge is 0.167 e. The topological polar surface area (TPSA) is 29.5 Å². The van der Waals surface area contributed by atoms with Crippen LogP contribution in [-0.2, 0) is 0 Å². The first-order valence-corrected chi connectivity index (χ1v) is 9.48. The number of piperidine rings is 1. The first-order chi connectivity index (χ1) is 12.1. The summed E-state index contributed by atoms with van der Waals surface area (Å²) in [5.41, 5.74) is 0.850. The van der Waals surface area contributed by atoms with E-state index in [9.17, 15) is 4.79 Å². The summed E-state index contributed by atoms with van der Waals surface area (Å²) in [5, 5.41) is 2.22. The van der Waals surface area contributed by atoms with Gasteiger partial charge in [-0.25, -0.2) is 0 Å². The zero-order valence-corrected chi connectivity index (χ0v) is 15.2. The van der Waals surface area contributed by atoms with E-state index in [1.807, 2.05) is 36.4 Å². The van der Waals surface area contributed by atoms with Gasteiger partial charge in [0.05, 0.1) is 7.11 Å². The maximum absolute atomic E-state index is 13.2. The molecule has 2 aromatic carbocycles. The number of nitrogens with zero attached hydrogens (tertiary/aromatic N) is 1. The van der Waals surface area contributed by atoms with Gasteiger partial charge in [-0.2, -0.15) is 0 Å². The molecule has 2 aliphatic rings. The molecule has 2 atom stereocenters. The number of benzene rings is 2. The zero-order chi connectivity index (χ0) is 17.4. The fourth-order valence-electron chi connectivity index (χ4n) is 4.03. The van der Waals surface area contributed by atoms with Gasteiger partial charge in [-0.3, -0.25) is 4.79 Å². The Bertz CT molecular complexity index is 781. The largest absolute Gasteiger partial charge is 0.497 e. The van der Waals surface area contributed by atoms with Gasteiger partial charge in [0.2, 0.25) is 0 Å². The van der Waals surface area contributed by atoms with Crippen LogP contribution in [0.4, 0.5) is 0 Å². The Kier molecular flexibility index (Phi) is 4.51. The highest BCUT2D eigenvalue weighted by Crippen LogP contribution is 2.33. The lowest BCUT2D eigenvalue weighted by atomic mass is 9.81. The molecule has 0 unspecified atom stereocenters. The van der Waals surface area contributed by atoms with Gasteiger partial charge in [0.1, 0.15) is 5.75 Å². The molecule has 1 aliphatic heterocycles. The third kappa shape index (κ3) is 3.57. The monoisotopic (exact) mass is 337 g/mol. The Morgan fingerprint density at radius 1 is 1.12 bits per heavy atom. The number of carbonyl (C=O) groups is 1. The van der Waals surface area contributed by atoms with Crippen molar-refractivity contribution in [2.24, 2.45) is 17.8 Å². The summed E-state index contributed by atoms with van der Waals surface area (Å²) in [5.74, 6) is 2.64. The summed E-state index contributed by atoms with van der Waals surface area (Å²) in [6, 6.07) is 12.1. The van der Waals surface area contributed by atoms with Crippen LogP contribution < -0.4 is 4.74 Å². The molecular formula is C22H27NO2. The lowest BCUT2D eigenvalue weighted by Crippen LogP contribution is -2.43. The standard InChI is InChI=1S/C22H27NO2/c1-15-9-10-23(13-16-3-4-16)14-21(15)22(24)19-6-5-18-12-20(25-2)8-7-17(18)11-19/h5-8,11-12,15-16,21H,3-4,9-10,13-14H2,1-2H3/t15-,21+/m1/s1. The average Bonchev–Trinajstić information content (AvgIpc) is 3.46. The lowest BCUT2D eigenvalue weighted by Gasteiger charge is -2.36. The van der Waals surface area contributed by atoms with E-state index in [1.54, 1.807) is 7.11 Å². The first-order valence-electron chi connectivity index (χ1n) is 9.48. The Labute approximate surface area is 150 Å². The number of fused-ring (bicyclic) bond motifs is 1. The fraction of sp³-hybridized carbons (Fsp3) is 0.500. The van der Waals surface area contributed by atoms with E-state index in [2.05, 4.69) is 11.8 Å². The van der Waals surface area contributed by atoms with Gasteiger partial charge >= 0.3 is 0 Å². The van der Waals surface area contributed by atoms with Crippen molar-refractivity contribution >= 4 is 16.6 Å². The Balaban J connectivity index is 1.54. The Morgan fingerprint density at radius 3 is 2.64 bits per heavy atom. The van der Waals surface area contributed by atoms with Gasteiger partial charge in [-0.15, -0.1) is 0 Å². The average molecular weight is 337 g/mol. The van der Waals surface area contributed by atoms with Gasteiger partial charge in [0, 0.05) is 24.6 Å². The predicted octanol–water partition coefficient (Wildman–Crippen LogP) is 4.40. The maximum atomic E-state index is 13.2. The van der Waals surface area contributed by atoms with Crippen molar-refractivity contribution in [2.75, 3.05) is 26.7 Å². The highest BCUT2D eigenvalue weighted by molar-refractivity contribution is 6.01. The van der Waals surface area contributed by atoms with Crippen LogP contribution in [-0.4, -0.2) is 37.4 Å². The molecule has 2 fully saturated rings. The fourth-order valence-corrected chi connectivity index (χ4v) is 4.03. The molecule has 3 heteroatoms. The highest BCUT2D eigenvalue weighted by Gasteiger charge is 2.34. The normalized spacial score (nSPS) is 24.4. The van der Waals surface area contributed by atoms with Gasteiger partial charge in [0.25, 0.3) is 0 Å². The molecule has 0 aromatic heterocycles. The van der Waals surface area contributed by atoms with Crippen LogP contribution in [0.3, 0.4) is 0 Å². The molecule has 1 heterocycles. The highest BCUT2D eigenvalue weighted by atomic mass is 16.5. The van der Waals surface area contributed by atoms with Crippen molar-refractivity contribution in [1.82, 2.24) is 4.90 Å². The summed E-state index contributed by atoms with van der Waals surface area (Å²) in [6.45, 7) is 5.51. The van der Waals surface area contributed by atoms with E-state index >= 15 is 0 Å². The number of ketones is 1. The Morgan fingerprint density at radius 2 is 1.88 bits per heavy atom. The van der Waals surface area contributed by atoms with Crippen molar-refractivity contribution < 1.29 is 9.53 Å². The number of likely N-dealkylation sites (tertiary alicyclic amines) is 1. The van der Waals surface area contributed by atoms with Gasteiger partial charge in [0.15, 0.2) is 5.78 Å². The van der Waals surface area contributed by atoms with Crippen molar-refractivity contribution in [3.8, 4) is 5.75 Å². The summed E-state index contributed by atoms with van der Waals surface area (Å²) in [6.07, 6.45) is 3.88. The van der Waals surface area contributed by atoms with Crippen LogP contribution in [0.25, 0.3) is 10.8 Å². The summed E-state index contributed by atoms with van der Waals surface area (Å²) >= 11 is 0. The maximum Gasteiger partial charge on any atom is 0.167 e. The number of hydrogen-bond acceptors (Lipinski definition) is 3. The zero-order valence-electron chi connectivity index (χ0n) is 15.2. The third-order valence-corrected chi connectivity index (χ3v) is 5.92. The predicted molar refractivity (Wildman–Crippen MR) is 101 cm³/mol. The van der Waals surface area contributed by atoms with Crippen molar-refractivity contribution in [1.29, 1.82) is 0 Å². The first kappa shape index (κ1) is 16.6. The number of ether oxygens (including phenoxy) is 1. The van der Waals surface area contributed by atoms with E-state index < -0.39 is 0 Å². The van der Waals surface area contributed by atoms with E-state index in [1.165, 1.54) is 19.4 Å². The lowest BCUT2D eigenvalue weighted by molar-refractivity contribution is 0.0711. The summed E-state index contributed by atoms with van der Waals surface area (Å²) in [7, 11) is 1.68. The van der Waals surface area contributed by atoms with Gasteiger partial charge in [-0.1, -0.05) is 25.1 Å². The molecule has 1 saturated carbocycles. The molecule has 4 rings (SSSR count). The van der Waals surface area contributed by atoms with Crippen LogP contribution in [0.5, 0.6) is 5.75 Å². The second-order valence-electron chi connectivity index (χ2n) is 7.87. The van der Waals surface area contributed by atoms with E-state index in [-0.39, 0.29) is 5.92 Å². The number of rotatable bonds is 5. The minimum atomic E-state index is 0.128. The van der Waals surface area contributed by atoms with Gasteiger partial charge < -0.3 is 9.64 Å². The molecule has 1 saturated heterocycles. The molecule has 0 bridgehead atoms. The molecule has 2 aromatic rings. The number of hydrogen-bond donors (Lipinski definition) is 0. The number of carbonyl (C=O) groups excluding carboxylic acids is 1. The molecule has 0 spiro atoms. The van der Waals surface area contributed by atoms with Crippen LogP contribution in [0.15, 0.2) is 36.4 Å². The van der Waals surface area contributed by atoms with Crippen LogP contribution >= 0.6 is 0 Å². The van der Waals surface area contributed by atoms with Crippen LogP contribution in [0, 0.1) is 17.8 Å². The molecule has 25 heavy (non-hydrogen) atoms. The Hall–Kier alpha value is -1.87. The number of methoxy groups -OCH3 is 1. The van der Waals surface area contributed by atoms with Crippen LogP contribution in [0.1, 0.15) is 36.5 Å². The van der Waals surface area contributed by atoms with Crippen LogP contribution in [0.2, 0.25) is 0 Å². The quantitative estimate of drug-likeness (QED) is 0.758. The van der Waals surface area contributed by atoms with Crippen molar-refractivity contribution in [2.45, 2.75) is 26.2 Å². The molecule has 0 radical (unpaired) electrons. The van der Waals surface area contributed by atoms with Crippen molar-refractivity contribution in [3.05, 3.63) is 42.0 Å². The second kappa shape index (κ2) is 6.80. The second-order valence-corrected chi connectivity index (χ2v) is 7.87. The third-order valence-electron chi connectivity index (χ3n) is 5.92. The summed E-state index contributed by atoms with van der Waals surface area (Å²) in [4.78, 5) is 15.7. The van der Waals surface area contributed by atoms with Crippen molar-refractivity contribution in [3.63, 3.8) is 0 Å². The minimum Gasteiger partial charge on any atom is -0.497 e. The SMILES string of the molecule is COc1ccc2cc(C(=O)[C@H]3CN(CC4CC4)CC[C@H]3C)ccc2c1. The minimum absolute atomic E-state index is 0.128. The summed E-state index contributed by atoms with van der Waals surface area (Å²) < 4.78 is 5.29. The molecule has 0 amide bonds. The molecule has 1 aliphatic carbocycles. The van der Waals surface area contributed by atoms with E-state index in [0.29, 0.717) is 11.7 Å². The number of Topliss-reactive ketones (excluding diaryl/α,β-unsaturated/α-hetero) is 1. The van der Waals surface area contributed by atoms with E-state index in [0.717, 1.165) is 47.5 Å².